The SMILES string of the molecule is CCCCCCCCCCCCCCCCCCCC/C=C/CCCC(=O)O[C@H](COC(=O)CCCCCCCCCC)COP(=O)(O)OC[C@@H](O)CO. The van der Waals surface area contributed by atoms with Crippen LogP contribution >= 0.6 is 7.82 Å². The van der Waals surface area contributed by atoms with Gasteiger partial charge in [0, 0.05) is 12.8 Å². The Morgan fingerprint density at radius 1 is 0.537 bits per heavy atom. The Bertz CT molecular complexity index is 915. The molecule has 0 radical (unpaired) electrons. The number of phosphoric ester groups is 1. The van der Waals surface area contributed by atoms with E-state index in [2.05, 4.69) is 30.5 Å². The molecule has 1 unspecified atom stereocenters. The van der Waals surface area contributed by atoms with E-state index in [-0.39, 0.29) is 19.4 Å². The normalized spacial score (nSPS) is 13.9. The van der Waals surface area contributed by atoms with Gasteiger partial charge in [-0.25, -0.2) is 4.57 Å². The number of aliphatic hydroxyl groups excluding tert-OH is 2. The average Bonchev–Trinajstić information content (AvgIpc) is 3.16. The minimum Gasteiger partial charge on any atom is -0.462 e. The van der Waals surface area contributed by atoms with Crippen molar-refractivity contribution >= 4 is 19.8 Å². The van der Waals surface area contributed by atoms with Gasteiger partial charge in [0.15, 0.2) is 6.10 Å². The van der Waals surface area contributed by atoms with E-state index in [1.54, 1.807) is 0 Å². The van der Waals surface area contributed by atoms with E-state index in [9.17, 15) is 24.2 Å². The number of ether oxygens (including phenoxy) is 2. The highest BCUT2D eigenvalue weighted by atomic mass is 31.2. The van der Waals surface area contributed by atoms with Gasteiger partial charge >= 0.3 is 19.8 Å². The number of phosphoric acid groups is 1. The summed E-state index contributed by atoms with van der Waals surface area (Å²) in [6.45, 7) is 2.34. The zero-order chi connectivity index (χ0) is 39.8. The number of carbonyl (C=O) groups excluding carboxylic acids is 2. The summed E-state index contributed by atoms with van der Waals surface area (Å²) in [5.74, 6) is -0.958. The lowest BCUT2D eigenvalue weighted by molar-refractivity contribution is -0.161. The van der Waals surface area contributed by atoms with Gasteiger partial charge in [0.2, 0.25) is 0 Å². The maximum atomic E-state index is 12.6. The summed E-state index contributed by atoms with van der Waals surface area (Å²) in [5, 5.41) is 18.3. The molecule has 0 saturated heterocycles. The van der Waals surface area contributed by atoms with Crippen molar-refractivity contribution in [1.29, 1.82) is 0 Å². The summed E-state index contributed by atoms with van der Waals surface area (Å²) < 4.78 is 32.6. The second kappa shape index (κ2) is 39.9. The Morgan fingerprint density at radius 3 is 1.39 bits per heavy atom. The maximum Gasteiger partial charge on any atom is 0.472 e. The maximum absolute atomic E-state index is 12.6. The summed E-state index contributed by atoms with van der Waals surface area (Å²) in [4.78, 5) is 34.8. The standard InChI is InChI=1S/C43H83O10P/c1-3-5-7-9-11-13-14-15-16-17-18-19-20-21-22-23-24-25-26-27-29-31-33-35-43(47)53-41(39-52-54(48,49)51-37-40(45)36-44)38-50-42(46)34-32-30-28-12-10-8-6-4-2/h27,29,40-41,44-45H,3-26,28,30-39H2,1-2H3,(H,48,49)/b29-27+/t40-,41+/m0/s1. The number of carbonyl (C=O) groups is 2. The summed E-state index contributed by atoms with van der Waals surface area (Å²) in [6, 6.07) is 0. The van der Waals surface area contributed by atoms with Crippen LogP contribution in [0, 0.1) is 0 Å². The van der Waals surface area contributed by atoms with Crippen LogP contribution in [0.15, 0.2) is 12.2 Å². The van der Waals surface area contributed by atoms with Crippen molar-refractivity contribution in [3.05, 3.63) is 12.2 Å². The predicted molar refractivity (Wildman–Crippen MR) is 219 cm³/mol. The third kappa shape index (κ3) is 39.0. The smallest absolute Gasteiger partial charge is 0.462 e. The van der Waals surface area contributed by atoms with Crippen LogP contribution in [0.2, 0.25) is 0 Å². The highest BCUT2D eigenvalue weighted by molar-refractivity contribution is 7.47. The van der Waals surface area contributed by atoms with Gasteiger partial charge in [-0.15, -0.1) is 0 Å². The van der Waals surface area contributed by atoms with Crippen LogP contribution in [-0.4, -0.2) is 65.7 Å². The first-order valence-corrected chi connectivity index (χ1v) is 23.6. The molecule has 0 spiro atoms. The molecule has 0 aromatic rings. The number of esters is 2. The molecule has 0 fully saturated rings. The largest absolute Gasteiger partial charge is 0.472 e. The Kier molecular flexibility index (Phi) is 39.0. The quantitative estimate of drug-likeness (QED) is 0.0236. The molecule has 0 aliphatic rings. The lowest BCUT2D eigenvalue weighted by atomic mass is 10.0. The molecule has 54 heavy (non-hydrogen) atoms. The molecule has 0 aromatic heterocycles. The first-order valence-electron chi connectivity index (χ1n) is 22.1. The summed E-state index contributed by atoms with van der Waals surface area (Å²) in [7, 11) is -4.61. The minimum atomic E-state index is -4.61. The fourth-order valence-corrected chi connectivity index (χ4v) is 7.02. The highest BCUT2D eigenvalue weighted by Gasteiger charge is 2.27. The van der Waals surface area contributed by atoms with Gasteiger partial charge in [-0.1, -0.05) is 180 Å². The molecule has 0 aliphatic carbocycles. The molecule has 0 aliphatic heterocycles. The van der Waals surface area contributed by atoms with Crippen molar-refractivity contribution < 1.29 is 47.8 Å². The summed E-state index contributed by atoms with van der Waals surface area (Å²) in [6.07, 6.45) is 37.9. The monoisotopic (exact) mass is 791 g/mol. The molecule has 0 amide bonds. The molecule has 0 bridgehead atoms. The van der Waals surface area contributed by atoms with Crippen LogP contribution in [0.4, 0.5) is 0 Å². The van der Waals surface area contributed by atoms with Gasteiger partial charge in [0.25, 0.3) is 0 Å². The van der Waals surface area contributed by atoms with Crippen LogP contribution in [0.3, 0.4) is 0 Å². The number of unbranched alkanes of at least 4 members (excludes halogenated alkanes) is 26. The second-order valence-corrected chi connectivity index (χ2v) is 16.5. The molecule has 320 valence electrons. The molecule has 0 saturated carbocycles. The molecule has 0 aromatic carbocycles. The number of hydrogen-bond donors (Lipinski definition) is 3. The molecule has 11 heteroatoms. The average molecular weight is 791 g/mol. The van der Waals surface area contributed by atoms with Crippen molar-refractivity contribution in [3.8, 4) is 0 Å². The highest BCUT2D eigenvalue weighted by Crippen LogP contribution is 2.43. The van der Waals surface area contributed by atoms with Crippen LogP contribution in [0.25, 0.3) is 0 Å². The van der Waals surface area contributed by atoms with Gasteiger partial charge in [0.05, 0.1) is 19.8 Å². The zero-order valence-electron chi connectivity index (χ0n) is 34.7. The number of aliphatic hydroxyl groups is 2. The Morgan fingerprint density at radius 2 is 0.926 bits per heavy atom. The van der Waals surface area contributed by atoms with Crippen LogP contribution in [0.5, 0.6) is 0 Å². The van der Waals surface area contributed by atoms with Crippen molar-refractivity contribution in [1.82, 2.24) is 0 Å². The third-order valence-electron chi connectivity index (χ3n) is 9.67. The zero-order valence-corrected chi connectivity index (χ0v) is 35.6. The molecule has 10 nitrogen and oxygen atoms in total. The molecular weight excluding hydrogens is 707 g/mol. The molecular formula is C43H83O10P. The van der Waals surface area contributed by atoms with Gasteiger partial charge in [-0.05, 0) is 32.1 Å². The first kappa shape index (κ1) is 52.7. The third-order valence-corrected chi connectivity index (χ3v) is 10.6. The molecule has 3 atom stereocenters. The van der Waals surface area contributed by atoms with E-state index in [0.717, 1.165) is 32.1 Å². The van der Waals surface area contributed by atoms with Crippen molar-refractivity contribution in [2.75, 3.05) is 26.4 Å². The van der Waals surface area contributed by atoms with Crippen LogP contribution < -0.4 is 0 Å². The number of allylic oxidation sites excluding steroid dienone is 2. The van der Waals surface area contributed by atoms with Crippen LogP contribution in [-0.2, 0) is 32.7 Å². The topological polar surface area (TPSA) is 149 Å². The predicted octanol–water partition coefficient (Wildman–Crippen LogP) is 11.6. The van der Waals surface area contributed by atoms with Crippen molar-refractivity contribution in [2.24, 2.45) is 0 Å². The van der Waals surface area contributed by atoms with Crippen molar-refractivity contribution in [3.63, 3.8) is 0 Å². The van der Waals surface area contributed by atoms with Gasteiger partial charge in [-0.3, -0.25) is 18.6 Å². The van der Waals surface area contributed by atoms with Crippen molar-refractivity contribution in [2.45, 2.75) is 225 Å². The Hall–Kier alpha value is -1.29. The second-order valence-electron chi connectivity index (χ2n) is 15.1. The van der Waals surface area contributed by atoms with E-state index in [0.29, 0.717) is 12.8 Å². The van der Waals surface area contributed by atoms with E-state index in [4.69, 9.17) is 19.1 Å². The number of hydrogen-bond acceptors (Lipinski definition) is 9. The van der Waals surface area contributed by atoms with Crippen LogP contribution in [0.1, 0.15) is 213 Å². The molecule has 0 rings (SSSR count). The van der Waals surface area contributed by atoms with E-state index in [1.165, 1.54) is 141 Å². The van der Waals surface area contributed by atoms with E-state index < -0.39 is 51.8 Å². The fraction of sp³-hybridized carbons (Fsp3) is 0.907. The summed E-state index contributed by atoms with van der Waals surface area (Å²) in [5.41, 5.74) is 0. The van der Waals surface area contributed by atoms with Gasteiger partial charge in [0.1, 0.15) is 12.7 Å². The lowest BCUT2D eigenvalue weighted by Crippen LogP contribution is -2.29. The van der Waals surface area contributed by atoms with E-state index >= 15 is 0 Å². The molecule has 0 heterocycles. The lowest BCUT2D eigenvalue weighted by Gasteiger charge is -2.20. The first-order chi connectivity index (χ1) is 26.2. The Balaban J connectivity index is 4.13. The molecule has 3 N–H and O–H groups in total. The summed E-state index contributed by atoms with van der Waals surface area (Å²) >= 11 is 0. The Labute approximate surface area is 330 Å². The van der Waals surface area contributed by atoms with Gasteiger partial charge < -0.3 is 24.6 Å². The van der Waals surface area contributed by atoms with E-state index in [1.807, 2.05) is 0 Å². The minimum absolute atomic E-state index is 0.141. The van der Waals surface area contributed by atoms with Gasteiger partial charge in [-0.2, -0.15) is 0 Å². The fourth-order valence-electron chi connectivity index (χ4n) is 6.23. The number of rotatable bonds is 42.